The number of nitrogens with zero attached hydrogens (tertiary/aromatic N) is 2. The third-order valence-corrected chi connectivity index (χ3v) is 5.63. The highest BCUT2D eigenvalue weighted by atomic mass is 16.5. The number of Topliss-reactive ketones (excluding diaryl/α,β-unsaturated/α-hetero) is 1. The molecule has 1 unspecified atom stereocenters. The molecule has 0 amide bonds. The monoisotopic (exact) mass is 398 g/mol. The van der Waals surface area contributed by atoms with E-state index in [-0.39, 0.29) is 18.0 Å². The molecule has 0 radical (unpaired) electrons. The zero-order valence-corrected chi connectivity index (χ0v) is 16.0. The van der Waals surface area contributed by atoms with Crippen LogP contribution in [0.4, 0.5) is 5.69 Å². The van der Waals surface area contributed by atoms with Crippen LogP contribution in [0.25, 0.3) is 0 Å². The Balaban J connectivity index is 1.40. The second kappa shape index (κ2) is 7.31. The standard InChI is InChI=1S/C24H18N2O4/c27-21(13-30-23-19-12-16(24(28)29)9-10-20(19)25-26-23)22-17-7-3-1-5-14(17)11-15-6-2-4-8-18(15)22/h1-10,12,22-23H,11,13H2,(H,28,29). The molecule has 0 bridgehead atoms. The van der Waals surface area contributed by atoms with Crippen molar-refractivity contribution in [3.63, 3.8) is 0 Å². The third-order valence-electron chi connectivity index (χ3n) is 5.63. The smallest absolute Gasteiger partial charge is 0.335 e. The lowest BCUT2D eigenvalue weighted by Crippen LogP contribution is -2.25. The van der Waals surface area contributed by atoms with E-state index in [2.05, 4.69) is 22.4 Å². The number of carboxylic acids is 1. The van der Waals surface area contributed by atoms with Gasteiger partial charge in [0.2, 0.25) is 0 Å². The molecule has 148 valence electrons. The summed E-state index contributed by atoms with van der Waals surface area (Å²) in [6.45, 7) is -0.145. The highest BCUT2D eigenvalue weighted by Crippen LogP contribution is 2.39. The van der Waals surface area contributed by atoms with Crippen LogP contribution in [0.3, 0.4) is 0 Å². The Morgan fingerprint density at radius 1 is 0.933 bits per heavy atom. The van der Waals surface area contributed by atoms with Crippen molar-refractivity contribution < 1.29 is 19.4 Å². The quantitative estimate of drug-likeness (QED) is 0.668. The van der Waals surface area contributed by atoms with E-state index < -0.39 is 18.1 Å². The number of azo groups is 1. The topological polar surface area (TPSA) is 88.3 Å². The summed E-state index contributed by atoms with van der Waals surface area (Å²) in [6.07, 6.45) is 0.0245. The van der Waals surface area contributed by atoms with E-state index in [1.165, 1.54) is 12.1 Å². The predicted octanol–water partition coefficient (Wildman–Crippen LogP) is 4.80. The Kier molecular flexibility index (Phi) is 4.48. The van der Waals surface area contributed by atoms with Crippen molar-refractivity contribution in [3.8, 4) is 0 Å². The molecule has 0 saturated heterocycles. The van der Waals surface area contributed by atoms with Crippen molar-refractivity contribution in [2.45, 2.75) is 18.6 Å². The van der Waals surface area contributed by atoms with Crippen LogP contribution in [-0.4, -0.2) is 23.5 Å². The molecule has 0 spiro atoms. The molecule has 2 aliphatic rings. The summed E-state index contributed by atoms with van der Waals surface area (Å²) in [5.74, 6) is -1.49. The lowest BCUT2D eigenvalue weighted by Gasteiger charge is -2.27. The van der Waals surface area contributed by atoms with Crippen molar-refractivity contribution in [1.29, 1.82) is 0 Å². The Bertz CT molecular complexity index is 1160. The molecule has 1 atom stereocenters. The van der Waals surface area contributed by atoms with E-state index >= 15 is 0 Å². The van der Waals surface area contributed by atoms with Crippen molar-refractivity contribution in [2.24, 2.45) is 10.2 Å². The van der Waals surface area contributed by atoms with Gasteiger partial charge in [-0.2, -0.15) is 10.2 Å². The van der Waals surface area contributed by atoms with Gasteiger partial charge in [-0.05, 0) is 46.9 Å². The molecule has 0 saturated carbocycles. The van der Waals surface area contributed by atoms with Gasteiger partial charge in [-0.25, -0.2) is 4.79 Å². The van der Waals surface area contributed by atoms with Crippen LogP contribution < -0.4 is 0 Å². The number of carboxylic acid groups (broad SMARTS) is 1. The first kappa shape index (κ1) is 18.4. The normalized spacial score (nSPS) is 16.6. The maximum absolute atomic E-state index is 13.3. The number of ketones is 1. The number of carbonyl (C=O) groups is 2. The molecule has 0 fully saturated rings. The van der Waals surface area contributed by atoms with Crippen molar-refractivity contribution in [1.82, 2.24) is 0 Å². The SMILES string of the molecule is O=C(O)c1ccc2c(c1)C(OCC(=O)C1c3ccccc3Cc3ccccc31)N=N2. The van der Waals surface area contributed by atoms with Gasteiger partial charge in [0.15, 0.2) is 12.0 Å². The molecule has 3 aromatic carbocycles. The minimum atomic E-state index is -1.03. The molecule has 1 N–H and O–H groups in total. The van der Waals surface area contributed by atoms with Crippen LogP contribution in [0.15, 0.2) is 77.0 Å². The molecule has 6 heteroatoms. The zero-order chi connectivity index (χ0) is 20.7. The van der Waals surface area contributed by atoms with Gasteiger partial charge in [0.05, 0.1) is 17.2 Å². The van der Waals surface area contributed by atoms with Gasteiger partial charge in [-0.15, -0.1) is 0 Å². The highest BCUT2D eigenvalue weighted by Gasteiger charge is 2.32. The molecule has 3 aromatic rings. The van der Waals surface area contributed by atoms with Gasteiger partial charge in [-0.1, -0.05) is 48.5 Å². The Morgan fingerprint density at radius 3 is 2.27 bits per heavy atom. The number of hydrogen-bond acceptors (Lipinski definition) is 5. The van der Waals surface area contributed by atoms with E-state index in [0.29, 0.717) is 11.3 Å². The number of rotatable bonds is 5. The number of ether oxygens (including phenoxy) is 1. The van der Waals surface area contributed by atoms with E-state index in [1.54, 1.807) is 6.07 Å². The Hall–Kier alpha value is -3.64. The molecular formula is C24H18N2O4. The molecule has 1 heterocycles. The van der Waals surface area contributed by atoms with Crippen LogP contribution in [0.1, 0.15) is 50.3 Å². The summed E-state index contributed by atoms with van der Waals surface area (Å²) in [5, 5.41) is 17.3. The zero-order valence-electron chi connectivity index (χ0n) is 16.0. The van der Waals surface area contributed by atoms with Crippen molar-refractivity contribution in [3.05, 3.63) is 100 Å². The van der Waals surface area contributed by atoms with Crippen LogP contribution in [0, 0.1) is 0 Å². The number of fused-ring (bicyclic) bond motifs is 3. The first-order chi connectivity index (χ1) is 14.6. The second-order valence-corrected chi connectivity index (χ2v) is 7.43. The molecule has 5 rings (SSSR count). The van der Waals surface area contributed by atoms with E-state index in [4.69, 9.17) is 4.74 Å². The van der Waals surface area contributed by atoms with Gasteiger partial charge < -0.3 is 9.84 Å². The summed E-state index contributed by atoms with van der Waals surface area (Å²) >= 11 is 0. The molecule has 1 aliphatic carbocycles. The Morgan fingerprint density at radius 2 is 1.60 bits per heavy atom. The summed E-state index contributed by atoms with van der Waals surface area (Å²) < 4.78 is 5.81. The number of carbonyl (C=O) groups excluding carboxylic acids is 1. The minimum Gasteiger partial charge on any atom is -0.478 e. The average molecular weight is 398 g/mol. The van der Waals surface area contributed by atoms with Crippen molar-refractivity contribution in [2.75, 3.05) is 6.61 Å². The van der Waals surface area contributed by atoms with Crippen LogP contribution >= 0.6 is 0 Å². The maximum atomic E-state index is 13.3. The molecular weight excluding hydrogens is 380 g/mol. The van der Waals surface area contributed by atoms with Gasteiger partial charge in [0.25, 0.3) is 0 Å². The summed E-state index contributed by atoms with van der Waals surface area (Å²) in [5.41, 5.74) is 5.56. The third kappa shape index (κ3) is 3.11. The van der Waals surface area contributed by atoms with Crippen LogP contribution in [-0.2, 0) is 16.0 Å². The van der Waals surface area contributed by atoms with E-state index in [1.807, 2.05) is 36.4 Å². The van der Waals surface area contributed by atoms with Crippen molar-refractivity contribution >= 4 is 17.4 Å². The van der Waals surface area contributed by atoms with Crippen LogP contribution in [0.5, 0.6) is 0 Å². The van der Waals surface area contributed by atoms with E-state index in [0.717, 1.165) is 28.7 Å². The molecule has 0 aromatic heterocycles. The fourth-order valence-corrected chi connectivity index (χ4v) is 4.19. The summed E-state index contributed by atoms with van der Waals surface area (Å²) in [6, 6.07) is 20.5. The highest BCUT2D eigenvalue weighted by molar-refractivity contribution is 5.91. The second-order valence-electron chi connectivity index (χ2n) is 7.43. The summed E-state index contributed by atoms with van der Waals surface area (Å²) in [7, 11) is 0. The van der Waals surface area contributed by atoms with Gasteiger partial charge >= 0.3 is 5.97 Å². The van der Waals surface area contributed by atoms with Crippen LogP contribution in [0.2, 0.25) is 0 Å². The lowest BCUT2D eigenvalue weighted by molar-refractivity contribution is -0.126. The molecule has 6 nitrogen and oxygen atoms in total. The fourth-order valence-electron chi connectivity index (χ4n) is 4.19. The van der Waals surface area contributed by atoms with Gasteiger partial charge in [0, 0.05) is 5.56 Å². The Labute approximate surface area is 172 Å². The maximum Gasteiger partial charge on any atom is 0.335 e. The fraction of sp³-hybridized carbons (Fsp3) is 0.167. The largest absolute Gasteiger partial charge is 0.478 e. The van der Waals surface area contributed by atoms with E-state index in [9.17, 15) is 14.7 Å². The summed E-state index contributed by atoms with van der Waals surface area (Å²) in [4.78, 5) is 24.5. The average Bonchev–Trinajstić information content (AvgIpc) is 3.18. The predicted molar refractivity (Wildman–Crippen MR) is 109 cm³/mol. The van der Waals surface area contributed by atoms with Gasteiger partial charge in [-0.3, -0.25) is 4.79 Å². The first-order valence-electron chi connectivity index (χ1n) is 9.70. The number of hydrogen-bond donors (Lipinski definition) is 1. The van der Waals surface area contributed by atoms with Gasteiger partial charge in [0.1, 0.15) is 6.61 Å². The molecule has 30 heavy (non-hydrogen) atoms. The molecule has 1 aliphatic heterocycles. The number of aromatic carboxylic acids is 1. The lowest BCUT2D eigenvalue weighted by atomic mass is 9.76. The minimum absolute atomic E-state index is 0.0624. The first-order valence-corrected chi connectivity index (χ1v) is 9.70. The number of benzene rings is 3.